The van der Waals surface area contributed by atoms with E-state index in [9.17, 15) is 32.7 Å². The molecule has 2 fully saturated rings. The summed E-state index contributed by atoms with van der Waals surface area (Å²) in [5.41, 5.74) is -1.82. The second kappa shape index (κ2) is 14.5. The van der Waals surface area contributed by atoms with Gasteiger partial charge in [0.15, 0.2) is 0 Å². The van der Waals surface area contributed by atoms with Gasteiger partial charge in [-0.2, -0.15) is 0 Å². The molecule has 13 heteroatoms. The zero-order chi connectivity index (χ0) is 31.0. The molecular formula is C28H49N5O7S. The number of rotatable bonds is 15. The van der Waals surface area contributed by atoms with Crippen LogP contribution in [0.1, 0.15) is 79.1 Å². The average molecular weight is 600 g/mol. The van der Waals surface area contributed by atoms with Crippen LogP contribution < -0.4 is 16.0 Å². The molecule has 12 nitrogen and oxygen atoms in total. The highest BCUT2D eigenvalue weighted by Gasteiger charge is 2.61. The highest BCUT2D eigenvalue weighted by Crippen LogP contribution is 2.45. The van der Waals surface area contributed by atoms with Crippen LogP contribution in [0.4, 0.5) is 4.79 Å². The van der Waals surface area contributed by atoms with Crippen molar-refractivity contribution >= 4 is 33.8 Å². The fourth-order valence-corrected chi connectivity index (χ4v) is 5.37. The zero-order valence-electron chi connectivity index (χ0n) is 25.4. The largest absolute Gasteiger partial charge is 0.479 e. The van der Waals surface area contributed by atoms with Crippen molar-refractivity contribution in [2.24, 2.45) is 11.3 Å². The van der Waals surface area contributed by atoms with Gasteiger partial charge in [-0.3, -0.25) is 9.59 Å². The van der Waals surface area contributed by atoms with Crippen LogP contribution in [0.5, 0.6) is 0 Å². The normalized spacial score (nSPS) is 23.4. The van der Waals surface area contributed by atoms with E-state index in [0.717, 1.165) is 36.2 Å². The number of aliphatic carboxylic acids is 1. The molecule has 2 aliphatic rings. The molecule has 234 valence electrons. The predicted octanol–water partition coefficient (Wildman–Crippen LogP) is 2.07. The summed E-state index contributed by atoms with van der Waals surface area (Å²) in [6, 6.07) is -1.98. The van der Waals surface area contributed by atoms with Crippen molar-refractivity contribution in [1.82, 2.24) is 25.2 Å². The first-order valence-electron chi connectivity index (χ1n) is 14.5. The Morgan fingerprint density at radius 2 is 1.85 bits per heavy atom. The first-order chi connectivity index (χ1) is 19.0. The molecule has 1 aliphatic carbocycles. The van der Waals surface area contributed by atoms with Crippen molar-refractivity contribution in [3.05, 3.63) is 12.2 Å². The minimum Gasteiger partial charge on any atom is -0.479 e. The van der Waals surface area contributed by atoms with E-state index in [-0.39, 0.29) is 19.0 Å². The number of nitrogens with one attached hydrogen (secondary N) is 3. The summed E-state index contributed by atoms with van der Waals surface area (Å²) >= 11 is 0. The molecule has 1 unspecified atom stereocenters. The number of hydrogen-bond donors (Lipinski definition) is 4. The Hall–Kier alpha value is -2.67. The Morgan fingerprint density at radius 1 is 1.17 bits per heavy atom. The quantitative estimate of drug-likeness (QED) is 0.165. The Balaban J connectivity index is 1.93. The molecule has 1 saturated heterocycles. The lowest BCUT2D eigenvalue weighted by molar-refractivity contribution is -0.145. The molecule has 0 bridgehead atoms. The summed E-state index contributed by atoms with van der Waals surface area (Å²) in [5.74, 6) is -2.33. The molecule has 4 amide bonds. The third kappa shape index (κ3) is 9.98. The molecule has 0 aromatic rings. The average Bonchev–Trinajstić information content (AvgIpc) is 3.33. The Kier molecular flexibility index (Phi) is 12.2. The number of likely N-dealkylation sites (tertiary alicyclic amines) is 1. The third-order valence-corrected chi connectivity index (χ3v) is 9.25. The van der Waals surface area contributed by atoms with Gasteiger partial charge >= 0.3 is 12.0 Å². The number of amides is 4. The summed E-state index contributed by atoms with van der Waals surface area (Å²) in [7, 11) is -2.02. The molecule has 4 N–H and O–H groups in total. The van der Waals surface area contributed by atoms with Gasteiger partial charge in [0.25, 0.3) is 0 Å². The van der Waals surface area contributed by atoms with Gasteiger partial charge in [0, 0.05) is 32.1 Å². The lowest BCUT2D eigenvalue weighted by atomic mass is 9.87. The van der Waals surface area contributed by atoms with Crippen LogP contribution in [-0.2, 0) is 24.4 Å². The minimum absolute atomic E-state index is 0.0540. The lowest BCUT2D eigenvalue weighted by Gasteiger charge is -2.34. The molecular weight excluding hydrogens is 550 g/mol. The number of carbonyl (C=O) groups excluding carboxylic acids is 3. The van der Waals surface area contributed by atoms with Gasteiger partial charge < -0.3 is 26.0 Å². The maximum Gasteiger partial charge on any atom is 0.330 e. The molecule has 0 radical (unpaired) electrons. The first kappa shape index (κ1) is 34.5. The zero-order valence-corrected chi connectivity index (χ0v) is 26.2. The SMILES string of the molecule is CCCCCC/C=C\C1C[C@]1(NC(=O)[C@@H]1CCCN1C(=O)CNC(=O)N[C@H](CN(C)S(C)(=O)=O)C(C)(C)C)C(=O)O. The molecule has 0 aromatic carbocycles. The summed E-state index contributed by atoms with van der Waals surface area (Å²) in [6.45, 7) is 7.76. The highest BCUT2D eigenvalue weighted by atomic mass is 32.2. The van der Waals surface area contributed by atoms with Crippen LogP contribution in [0.3, 0.4) is 0 Å². The van der Waals surface area contributed by atoms with Gasteiger partial charge in [0.1, 0.15) is 11.6 Å². The van der Waals surface area contributed by atoms with E-state index in [0.29, 0.717) is 25.8 Å². The number of likely N-dealkylation sites (N-methyl/N-ethyl adjacent to an activating group) is 1. The monoisotopic (exact) mass is 599 g/mol. The van der Waals surface area contributed by atoms with Gasteiger partial charge in [0.2, 0.25) is 21.8 Å². The van der Waals surface area contributed by atoms with E-state index in [1.54, 1.807) is 0 Å². The van der Waals surface area contributed by atoms with Gasteiger partial charge in [-0.25, -0.2) is 22.3 Å². The lowest BCUT2D eigenvalue weighted by Crippen LogP contribution is -2.56. The van der Waals surface area contributed by atoms with E-state index >= 15 is 0 Å². The van der Waals surface area contributed by atoms with Crippen molar-refractivity contribution in [2.45, 2.75) is 96.7 Å². The summed E-state index contributed by atoms with van der Waals surface area (Å²) in [6.07, 6.45) is 11.6. The standard InChI is InChI=1S/C28H49N5O7S/c1-7-8-9-10-11-12-14-20-17-28(20,25(36)37)31-24(35)21-15-13-16-33(21)23(34)18-29-26(38)30-22(27(2,3)4)19-32(5)41(6,39)40/h12,14,20-22H,7-11,13,15-19H2,1-6H3,(H,31,35)(H,36,37)(H2,29,30,38)/b14-12-/t20?,21-,22+,28+/m0/s1. The highest BCUT2D eigenvalue weighted by molar-refractivity contribution is 7.88. The molecule has 1 aliphatic heterocycles. The van der Waals surface area contributed by atoms with E-state index in [4.69, 9.17) is 0 Å². The molecule has 1 heterocycles. The smallest absolute Gasteiger partial charge is 0.330 e. The van der Waals surface area contributed by atoms with Gasteiger partial charge in [-0.15, -0.1) is 0 Å². The van der Waals surface area contributed by atoms with Crippen LogP contribution >= 0.6 is 0 Å². The molecule has 0 aromatic heterocycles. The minimum atomic E-state index is -3.45. The first-order valence-corrected chi connectivity index (χ1v) is 16.3. The van der Waals surface area contributed by atoms with Gasteiger partial charge in [-0.1, -0.05) is 59.1 Å². The molecule has 41 heavy (non-hydrogen) atoms. The maximum absolute atomic E-state index is 13.1. The van der Waals surface area contributed by atoms with Crippen molar-refractivity contribution < 1.29 is 32.7 Å². The number of nitrogens with zero attached hydrogens (tertiary/aromatic N) is 2. The second-order valence-electron chi connectivity index (χ2n) is 12.4. The van der Waals surface area contributed by atoms with Crippen molar-refractivity contribution in [2.75, 3.05) is 32.9 Å². The van der Waals surface area contributed by atoms with Crippen LogP contribution in [0.2, 0.25) is 0 Å². The second-order valence-corrected chi connectivity index (χ2v) is 14.5. The number of carbonyl (C=O) groups is 4. The summed E-state index contributed by atoms with van der Waals surface area (Å²) in [4.78, 5) is 52.2. The maximum atomic E-state index is 13.1. The number of sulfonamides is 1. The number of unbranched alkanes of at least 4 members (excludes halogenated alkanes) is 4. The number of urea groups is 1. The van der Waals surface area contributed by atoms with Gasteiger partial charge in [-0.05, 0) is 37.5 Å². The summed E-state index contributed by atoms with van der Waals surface area (Å²) in [5, 5.41) is 17.8. The van der Waals surface area contributed by atoms with E-state index in [1.807, 2.05) is 32.9 Å². The van der Waals surface area contributed by atoms with Crippen LogP contribution in [-0.4, -0.2) is 97.1 Å². The number of carboxylic acids is 1. The fourth-order valence-electron chi connectivity index (χ4n) is 4.95. The number of hydrogen-bond acceptors (Lipinski definition) is 6. The van der Waals surface area contributed by atoms with Crippen LogP contribution in [0, 0.1) is 11.3 Å². The topological polar surface area (TPSA) is 165 Å². The fraction of sp³-hybridized carbons (Fsp3) is 0.786. The van der Waals surface area contributed by atoms with Gasteiger partial charge in [0.05, 0.1) is 12.8 Å². The van der Waals surface area contributed by atoms with Crippen LogP contribution in [0.25, 0.3) is 0 Å². The molecule has 0 spiro atoms. The Bertz CT molecular complexity index is 1090. The van der Waals surface area contributed by atoms with E-state index in [2.05, 4.69) is 22.9 Å². The van der Waals surface area contributed by atoms with E-state index in [1.165, 1.54) is 18.4 Å². The van der Waals surface area contributed by atoms with Crippen molar-refractivity contribution in [3.63, 3.8) is 0 Å². The molecule has 1 saturated carbocycles. The molecule has 4 atom stereocenters. The third-order valence-electron chi connectivity index (χ3n) is 7.97. The van der Waals surface area contributed by atoms with E-state index < -0.39 is 56.9 Å². The Morgan fingerprint density at radius 3 is 2.44 bits per heavy atom. The van der Waals surface area contributed by atoms with Crippen molar-refractivity contribution in [3.8, 4) is 0 Å². The van der Waals surface area contributed by atoms with Crippen molar-refractivity contribution in [1.29, 1.82) is 0 Å². The number of carboxylic acid groups (broad SMARTS) is 1. The predicted molar refractivity (Wildman–Crippen MR) is 157 cm³/mol. The molecule has 2 rings (SSSR count). The van der Waals surface area contributed by atoms with Crippen LogP contribution in [0.15, 0.2) is 12.2 Å². The Labute approximate surface area is 244 Å². The number of allylic oxidation sites excluding steroid dienone is 1. The summed E-state index contributed by atoms with van der Waals surface area (Å²) < 4.78 is 24.8.